The second-order valence-electron chi connectivity index (χ2n) is 8.08. The molecule has 2 aromatic carbocycles. The molecule has 0 aliphatic carbocycles. The van der Waals surface area contributed by atoms with Gasteiger partial charge < -0.3 is 25.6 Å². The number of hydrogen-bond donors (Lipinski definition) is 2. The third kappa shape index (κ3) is 4.51. The van der Waals surface area contributed by atoms with Crippen LogP contribution in [-0.2, 0) is 11.2 Å². The van der Waals surface area contributed by atoms with Crippen molar-refractivity contribution in [2.24, 2.45) is 11.7 Å². The summed E-state index contributed by atoms with van der Waals surface area (Å²) in [5, 5.41) is 3.43. The number of nitrogens with one attached hydrogen (secondary N) is 1. The van der Waals surface area contributed by atoms with Crippen LogP contribution in [0.3, 0.4) is 0 Å². The number of ether oxygens (including phenoxy) is 1. The minimum absolute atomic E-state index is 0.113. The van der Waals surface area contributed by atoms with Crippen LogP contribution in [-0.4, -0.2) is 56.7 Å². The molecule has 1 amide bonds. The molecule has 4 rings (SSSR count). The van der Waals surface area contributed by atoms with Crippen LogP contribution in [0.25, 0.3) is 0 Å². The first kappa shape index (κ1) is 20.5. The molecule has 0 aromatic heterocycles. The van der Waals surface area contributed by atoms with Gasteiger partial charge in [-0.3, -0.25) is 4.79 Å². The Labute approximate surface area is 176 Å². The standard InChI is InChI=1S/C23H29FN4O2/c1-30-20-7-2-16-12-17(15-26-22(16)13-20)21(25)14-23(29)28-10-8-27(9-11-28)19-5-3-18(24)4-6-19/h2-7,13,17,21,26H,8-12,14-15,25H2,1H3. The van der Waals surface area contributed by atoms with Gasteiger partial charge in [0.2, 0.25) is 5.91 Å². The SMILES string of the molecule is COc1ccc2c(c1)NCC(C(N)CC(=O)N1CCN(c3ccc(F)cc3)CC1)C2. The number of anilines is 2. The molecule has 3 N–H and O–H groups in total. The summed E-state index contributed by atoms with van der Waals surface area (Å²) in [6.07, 6.45) is 1.22. The lowest BCUT2D eigenvalue weighted by Gasteiger charge is -2.37. The Morgan fingerprint density at radius 2 is 1.93 bits per heavy atom. The smallest absolute Gasteiger partial charge is 0.224 e. The molecule has 0 radical (unpaired) electrons. The Kier molecular flexibility index (Phi) is 6.08. The number of halogens is 1. The summed E-state index contributed by atoms with van der Waals surface area (Å²) in [5.74, 6) is 0.927. The number of nitrogens with zero attached hydrogens (tertiary/aromatic N) is 2. The third-order valence-electron chi connectivity index (χ3n) is 6.19. The van der Waals surface area contributed by atoms with E-state index in [0.717, 1.165) is 43.2 Å². The van der Waals surface area contributed by atoms with Crippen molar-refractivity contribution in [1.82, 2.24) is 4.90 Å². The van der Waals surface area contributed by atoms with Crippen molar-refractivity contribution < 1.29 is 13.9 Å². The second-order valence-corrected chi connectivity index (χ2v) is 8.08. The Morgan fingerprint density at radius 3 is 2.63 bits per heavy atom. The van der Waals surface area contributed by atoms with E-state index >= 15 is 0 Å². The van der Waals surface area contributed by atoms with Crippen molar-refractivity contribution in [3.05, 3.63) is 53.8 Å². The van der Waals surface area contributed by atoms with E-state index in [1.807, 2.05) is 17.0 Å². The number of rotatable bonds is 5. The van der Waals surface area contributed by atoms with Gasteiger partial charge in [-0.2, -0.15) is 0 Å². The molecule has 6 nitrogen and oxygen atoms in total. The van der Waals surface area contributed by atoms with E-state index in [-0.39, 0.29) is 23.7 Å². The van der Waals surface area contributed by atoms with E-state index in [1.165, 1.54) is 17.7 Å². The predicted octanol–water partition coefficient (Wildman–Crippen LogP) is 2.48. The summed E-state index contributed by atoms with van der Waals surface area (Å²) in [7, 11) is 1.66. The zero-order valence-corrected chi connectivity index (χ0v) is 17.3. The first-order chi connectivity index (χ1) is 14.5. The van der Waals surface area contributed by atoms with Gasteiger partial charge in [0, 0.05) is 62.6 Å². The molecule has 1 saturated heterocycles. The van der Waals surface area contributed by atoms with Crippen molar-refractivity contribution in [1.29, 1.82) is 0 Å². The van der Waals surface area contributed by atoms with Crippen LogP contribution in [0.15, 0.2) is 42.5 Å². The Bertz CT molecular complexity index is 881. The number of fused-ring (bicyclic) bond motifs is 1. The molecular weight excluding hydrogens is 383 g/mol. The number of hydrogen-bond acceptors (Lipinski definition) is 5. The second kappa shape index (κ2) is 8.92. The molecule has 0 bridgehead atoms. The van der Waals surface area contributed by atoms with Gasteiger partial charge in [-0.1, -0.05) is 6.07 Å². The monoisotopic (exact) mass is 412 g/mol. The number of carbonyl (C=O) groups is 1. The number of nitrogens with two attached hydrogens (primary N) is 1. The molecule has 30 heavy (non-hydrogen) atoms. The van der Waals surface area contributed by atoms with Crippen molar-refractivity contribution >= 4 is 17.3 Å². The largest absolute Gasteiger partial charge is 0.497 e. The van der Waals surface area contributed by atoms with E-state index in [1.54, 1.807) is 19.2 Å². The van der Waals surface area contributed by atoms with Gasteiger partial charge in [-0.25, -0.2) is 4.39 Å². The van der Waals surface area contributed by atoms with Crippen molar-refractivity contribution in [2.45, 2.75) is 18.9 Å². The minimum Gasteiger partial charge on any atom is -0.497 e. The summed E-state index contributed by atoms with van der Waals surface area (Å²) in [6, 6.07) is 12.4. The molecular formula is C23H29FN4O2. The quantitative estimate of drug-likeness (QED) is 0.790. The predicted molar refractivity (Wildman–Crippen MR) is 116 cm³/mol. The normalized spacial score (nSPS) is 19.6. The lowest BCUT2D eigenvalue weighted by molar-refractivity contribution is -0.132. The van der Waals surface area contributed by atoms with Crippen molar-refractivity contribution in [3.8, 4) is 5.75 Å². The van der Waals surface area contributed by atoms with Crippen LogP contribution in [0, 0.1) is 11.7 Å². The molecule has 2 unspecified atom stereocenters. The van der Waals surface area contributed by atoms with Gasteiger partial charge in [0.1, 0.15) is 11.6 Å². The number of methoxy groups -OCH3 is 1. The van der Waals surface area contributed by atoms with Gasteiger partial charge in [0.05, 0.1) is 7.11 Å². The molecule has 160 valence electrons. The fourth-order valence-electron chi connectivity index (χ4n) is 4.29. The van der Waals surface area contributed by atoms with Crippen LogP contribution in [0.4, 0.5) is 15.8 Å². The first-order valence-corrected chi connectivity index (χ1v) is 10.5. The highest BCUT2D eigenvalue weighted by Gasteiger charge is 2.28. The highest BCUT2D eigenvalue weighted by Crippen LogP contribution is 2.30. The Hall–Kier alpha value is -2.80. The van der Waals surface area contributed by atoms with Gasteiger partial charge in [-0.05, 0) is 48.2 Å². The number of benzene rings is 2. The Morgan fingerprint density at radius 1 is 1.20 bits per heavy atom. The van der Waals surface area contributed by atoms with Crippen molar-refractivity contribution in [3.63, 3.8) is 0 Å². The highest BCUT2D eigenvalue weighted by molar-refractivity contribution is 5.77. The molecule has 2 aliphatic rings. The summed E-state index contributed by atoms with van der Waals surface area (Å²) < 4.78 is 18.4. The van der Waals surface area contributed by atoms with E-state index in [0.29, 0.717) is 19.5 Å². The average Bonchev–Trinajstić information content (AvgIpc) is 2.79. The van der Waals surface area contributed by atoms with Crippen LogP contribution in [0.1, 0.15) is 12.0 Å². The summed E-state index contributed by atoms with van der Waals surface area (Å²) in [5.41, 5.74) is 9.73. The molecule has 7 heteroatoms. The van der Waals surface area contributed by atoms with Crippen LogP contribution in [0.5, 0.6) is 5.75 Å². The maximum absolute atomic E-state index is 13.1. The zero-order chi connectivity index (χ0) is 21.1. The number of carbonyl (C=O) groups excluding carboxylic acids is 1. The van der Waals surface area contributed by atoms with Gasteiger partial charge in [0.15, 0.2) is 0 Å². The summed E-state index contributed by atoms with van der Waals surface area (Å²) >= 11 is 0. The van der Waals surface area contributed by atoms with Gasteiger partial charge >= 0.3 is 0 Å². The molecule has 0 spiro atoms. The summed E-state index contributed by atoms with van der Waals surface area (Å²) in [4.78, 5) is 16.9. The molecule has 1 fully saturated rings. The van der Waals surface area contributed by atoms with Gasteiger partial charge in [-0.15, -0.1) is 0 Å². The van der Waals surface area contributed by atoms with E-state index in [4.69, 9.17) is 10.5 Å². The number of amides is 1. The molecule has 2 atom stereocenters. The topological polar surface area (TPSA) is 70.8 Å². The molecule has 0 saturated carbocycles. The van der Waals surface area contributed by atoms with Gasteiger partial charge in [0.25, 0.3) is 0 Å². The van der Waals surface area contributed by atoms with Crippen LogP contribution < -0.4 is 20.7 Å². The molecule has 2 aromatic rings. The maximum atomic E-state index is 13.1. The van der Waals surface area contributed by atoms with E-state index < -0.39 is 0 Å². The maximum Gasteiger partial charge on any atom is 0.224 e. The Balaban J connectivity index is 1.28. The van der Waals surface area contributed by atoms with E-state index in [9.17, 15) is 9.18 Å². The lowest BCUT2D eigenvalue weighted by atomic mass is 9.87. The fraction of sp³-hybridized carbons (Fsp3) is 0.435. The minimum atomic E-state index is -0.236. The zero-order valence-electron chi connectivity index (χ0n) is 17.3. The first-order valence-electron chi connectivity index (χ1n) is 10.5. The third-order valence-corrected chi connectivity index (χ3v) is 6.19. The van der Waals surface area contributed by atoms with E-state index in [2.05, 4.69) is 16.3 Å². The number of piperazine rings is 1. The van der Waals surface area contributed by atoms with Crippen molar-refractivity contribution in [2.75, 3.05) is 50.1 Å². The molecule has 2 heterocycles. The van der Waals surface area contributed by atoms with Crippen LogP contribution in [0.2, 0.25) is 0 Å². The molecule has 2 aliphatic heterocycles. The highest BCUT2D eigenvalue weighted by atomic mass is 19.1. The summed E-state index contributed by atoms with van der Waals surface area (Å²) in [6.45, 7) is 3.56. The average molecular weight is 413 g/mol. The van der Waals surface area contributed by atoms with Crippen LogP contribution >= 0.6 is 0 Å². The lowest BCUT2D eigenvalue weighted by Crippen LogP contribution is -2.50. The fourth-order valence-corrected chi connectivity index (χ4v) is 4.29.